The van der Waals surface area contributed by atoms with Crippen molar-refractivity contribution in [2.45, 2.75) is 12.6 Å². The summed E-state index contributed by atoms with van der Waals surface area (Å²) in [6.45, 7) is 1.49. The van der Waals surface area contributed by atoms with Crippen LogP contribution < -0.4 is 15.4 Å². The Hall–Kier alpha value is -2.00. The molecular formula is C16H18N2O. The molecule has 0 aromatic heterocycles. The SMILES string of the molecule is COc1ccccc1N1Cc2ccccc2C1CN. The van der Waals surface area contributed by atoms with E-state index < -0.39 is 0 Å². The van der Waals surface area contributed by atoms with Gasteiger partial charge in [-0.05, 0) is 23.3 Å². The van der Waals surface area contributed by atoms with Gasteiger partial charge in [0.05, 0.1) is 18.8 Å². The molecule has 1 aliphatic heterocycles. The lowest BCUT2D eigenvalue weighted by molar-refractivity contribution is 0.413. The Balaban J connectivity index is 2.03. The van der Waals surface area contributed by atoms with Gasteiger partial charge in [0.15, 0.2) is 0 Å². The molecule has 1 unspecified atom stereocenters. The summed E-state index contributed by atoms with van der Waals surface area (Å²) in [6, 6.07) is 16.8. The van der Waals surface area contributed by atoms with Crippen LogP contribution in [0.5, 0.6) is 5.75 Å². The van der Waals surface area contributed by atoms with Crippen molar-refractivity contribution >= 4 is 5.69 Å². The van der Waals surface area contributed by atoms with E-state index in [0.29, 0.717) is 6.54 Å². The van der Waals surface area contributed by atoms with Crippen LogP contribution in [0.1, 0.15) is 17.2 Å². The van der Waals surface area contributed by atoms with E-state index in [1.807, 2.05) is 18.2 Å². The number of benzene rings is 2. The summed E-state index contributed by atoms with van der Waals surface area (Å²) >= 11 is 0. The molecule has 1 heterocycles. The van der Waals surface area contributed by atoms with Crippen LogP contribution in [0.4, 0.5) is 5.69 Å². The van der Waals surface area contributed by atoms with Gasteiger partial charge < -0.3 is 15.4 Å². The molecule has 0 fully saturated rings. The Labute approximate surface area is 113 Å². The number of hydrogen-bond acceptors (Lipinski definition) is 3. The quantitative estimate of drug-likeness (QED) is 0.915. The molecule has 0 aliphatic carbocycles. The molecule has 2 aromatic carbocycles. The molecule has 0 radical (unpaired) electrons. The number of methoxy groups -OCH3 is 1. The Bertz CT molecular complexity index is 582. The van der Waals surface area contributed by atoms with Gasteiger partial charge in [0.25, 0.3) is 0 Å². The first-order valence-corrected chi connectivity index (χ1v) is 6.52. The van der Waals surface area contributed by atoms with E-state index in [2.05, 4.69) is 35.2 Å². The standard InChI is InChI=1S/C16H18N2O/c1-19-16-9-5-4-8-14(16)18-11-12-6-2-3-7-13(12)15(18)10-17/h2-9,15H,10-11,17H2,1H3. The zero-order chi connectivity index (χ0) is 13.2. The van der Waals surface area contributed by atoms with Crippen LogP contribution >= 0.6 is 0 Å². The summed E-state index contributed by atoms with van der Waals surface area (Å²) in [5.74, 6) is 0.897. The van der Waals surface area contributed by atoms with Crippen LogP contribution in [0.15, 0.2) is 48.5 Å². The summed E-state index contributed by atoms with van der Waals surface area (Å²) < 4.78 is 5.47. The van der Waals surface area contributed by atoms with Gasteiger partial charge in [0.1, 0.15) is 5.75 Å². The van der Waals surface area contributed by atoms with Gasteiger partial charge in [0.2, 0.25) is 0 Å². The van der Waals surface area contributed by atoms with Gasteiger partial charge in [-0.3, -0.25) is 0 Å². The van der Waals surface area contributed by atoms with Crippen molar-refractivity contribution in [2.24, 2.45) is 5.73 Å². The van der Waals surface area contributed by atoms with Crippen LogP contribution in [-0.2, 0) is 6.54 Å². The van der Waals surface area contributed by atoms with E-state index in [1.54, 1.807) is 7.11 Å². The van der Waals surface area contributed by atoms with Gasteiger partial charge in [-0.1, -0.05) is 36.4 Å². The number of hydrogen-bond donors (Lipinski definition) is 1. The van der Waals surface area contributed by atoms with Crippen LogP contribution in [0.3, 0.4) is 0 Å². The lowest BCUT2D eigenvalue weighted by Crippen LogP contribution is -2.27. The molecule has 0 amide bonds. The molecule has 1 atom stereocenters. The molecule has 0 bridgehead atoms. The van der Waals surface area contributed by atoms with Crippen LogP contribution in [0.2, 0.25) is 0 Å². The highest BCUT2D eigenvalue weighted by molar-refractivity contribution is 5.62. The molecular weight excluding hydrogens is 236 g/mol. The van der Waals surface area contributed by atoms with Gasteiger partial charge in [0, 0.05) is 13.1 Å². The second kappa shape index (κ2) is 4.94. The molecule has 98 valence electrons. The smallest absolute Gasteiger partial charge is 0.142 e. The van der Waals surface area contributed by atoms with Gasteiger partial charge in [-0.25, -0.2) is 0 Å². The predicted molar refractivity (Wildman–Crippen MR) is 77.4 cm³/mol. The van der Waals surface area contributed by atoms with Crippen molar-refractivity contribution in [3.8, 4) is 5.75 Å². The summed E-state index contributed by atoms with van der Waals surface area (Å²) in [6.07, 6.45) is 0. The zero-order valence-corrected chi connectivity index (χ0v) is 11.0. The summed E-state index contributed by atoms with van der Waals surface area (Å²) in [4.78, 5) is 2.32. The first-order valence-electron chi connectivity index (χ1n) is 6.52. The minimum Gasteiger partial charge on any atom is -0.495 e. The molecule has 3 heteroatoms. The van der Waals surface area contributed by atoms with Crippen molar-refractivity contribution < 1.29 is 4.74 Å². The van der Waals surface area contributed by atoms with Gasteiger partial charge in [-0.15, -0.1) is 0 Å². The van der Waals surface area contributed by atoms with E-state index in [4.69, 9.17) is 10.5 Å². The Morgan fingerprint density at radius 2 is 1.89 bits per heavy atom. The second-order valence-electron chi connectivity index (χ2n) is 4.75. The number of rotatable bonds is 3. The first-order chi connectivity index (χ1) is 9.35. The number of para-hydroxylation sites is 2. The topological polar surface area (TPSA) is 38.5 Å². The predicted octanol–water partition coefficient (Wildman–Crippen LogP) is 2.72. The highest BCUT2D eigenvalue weighted by atomic mass is 16.5. The van der Waals surface area contributed by atoms with E-state index >= 15 is 0 Å². The molecule has 3 nitrogen and oxygen atoms in total. The number of nitrogens with two attached hydrogens (primary N) is 1. The Kier molecular flexibility index (Phi) is 3.13. The third-order valence-corrected chi connectivity index (χ3v) is 3.75. The fraction of sp³-hybridized carbons (Fsp3) is 0.250. The van der Waals surface area contributed by atoms with Crippen LogP contribution in [0, 0.1) is 0 Å². The maximum absolute atomic E-state index is 5.99. The molecule has 0 saturated carbocycles. The largest absolute Gasteiger partial charge is 0.495 e. The van der Waals surface area contributed by atoms with Crippen molar-refractivity contribution in [2.75, 3.05) is 18.6 Å². The molecule has 2 N–H and O–H groups in total. The highest BCUT2D eigenvalue weighted by Gasteiger charge is 2.30. The average molecular weight is 254 g/mol. The minimum absolute atomic E-state index is 0.229. The first kappa shape index (κ1) is 12.1. The van der Waals surface area contributed by atoms with Crippen molar-refractivity contribution in [3.05, 3.63) is 59.7 Å². The van der Waals surface area contributed by atoms with E-state index in [1.165, 1.54) is 11.1 Å². The third kappa shape index (κ3) is 1.96. The van der Waals surface area contributed by atoms with Crippen LogP contribution in [0.25, 0.3) is 0 Å². The molecule has 2 aromatic rings. The second-order valence-corrected chi connectivity index (χ2v) is 4.75. The van der Waals surface area contributed by atoms with Crippen molar-refractivity contribution in [1.29, 1.82) is 0 Å². The molecule has 1 aliphatic rings. The lowest BCUT2D eigenvalue weighted by Gasteiger charge is -2.27. The summed E-state index contributed by atoms with van der Waals surface area (Å²) in [5, 5.41) is 0. The van der Waals surface area contributed by atoms with Crippen LogP contribution in [-0.4, -0.2) is 13.7 Å². The number of nitrogens with zero attached hydrogens (tertiary/aromatic N) is 1. The van der Waals surface area contributed by atoms with E-state index in [9.17, 15) is 0 Å². The Morgan fingerprint density at radius 3 is 2.68 bits per heavy atom. The fourth-order valence-electron chi connectivity index (χ4n) is 2.84. The summed E-state index contributed by atoms with van der Waals surface area (Å²) in [7, 11) is 1.71. The van der Waals surface area contributed by atoms with E-state index in [-0.39, 0.29) is 6.04 Å². The molecule has 19 heavy (non-hydrogen) atoms. The van der Waals surface area contributed by atoms with Gasteiger partial charge in [-0.2, -0.15) is 0 Å². The number of ether oxygens (including phenoxy) is 1. The normalized spacial score (nSPS) is 17.4. The van der Waals surface area contributed by atoms with Crippen molar-refractivity contribution in [1.82, 2.24) is 0 Å². The number of anilines is 1. The zero-order valence-electron chi connectivity index (χ0n) is 11.0. The van der Waals surface area contributed by atoms with E-state index in [0.717, 1.165) is 18.0 Å². The maximum Gasteiger partial charge on any atom is 0.142 e. The fourth-order valence-corrected chi connectivity index (χ4v) is 2.84. The maximum atomic E-state index is 5.99. The molecule has 3 rings (SSSR count). The Morgan fingerprint density at radius 1 is 1.16 bits per heavy atom. The van der Waals surface area contributed by atoms with Gasteiger partial charge >= 0.3 is 0 Å². The molecule has 0 spiro atoms. The monoisotopic (exact) mass is 254 g/mol. The molecule has 0 saturated heterocycles. The highest BCUT2D eigenvalue weighted by Crippen LogP contribution is 2.40. The summed E-state index contributed by atoms with van der Waals surface area (Å²) in [5.41, 5.74) is 9.77. The third-order valence-electron chi connectivity index (χ3n) is 3.75. The van der Waals surface area contributed by atoms with Crippen molar-refractivity contribution in [3.63, 3.8) is 0 Å². The lowest BCUT2D eigenvalue weighted by atomic mass is 10.1. The number of fused-ring (bicyclic) bond motifs is 1. The average Bonchev–Trinajstić information content (AvgIpc) is 2.85. The minimum atomic E-state index is 0.229.